The molecule has 0 aliphatic heterocycles. The Morgan fingerprint density at radius 2 is 1.88 bits per heavy atom. The Balaban J connectivity index is 2.50. The quantitative estimate of drug-likeness (QED) is 0.780. The molecule has 0 atom stereocenters. The largest absolute Gasteiger partial charge is 0.242 e. The maximum absolute atomic E-state index is 13.4. The van der Waals surface area contributed by atoms with Crippen LogP contribution in [0.15, 0.2) is 30.5 Å². The number of nitriles is 1. The fourth-order valence-corrected chi connectivity index (χ4v) is 1.65. The fourth-order valence-electron chi connectivity index (χ4n) is 1.35. The minimum atomic E-state index is -0.656. The second kappa shape index (κ2) is 4.70. The van der Waals surface area contributed by atoms with Gasteiger partial charge in [0, 0.05) is 11.8 Å². The van der Waals surface area contributed by atoms with Crippen LogP contribution in [-0.2, 0) is 0 Å². The van der Waals surface area contributed by atoms with E-state index in [1.807, 2.05) is 0 Å². The van der Waals surface area contributed by atoms with Crippen LogP contribution in [0.5, 0.6) is 0 Å². The summed E-state index contributed by atoms with van der Waals surface area (Å²) in [5, 5.41) is 9.38. The summed E-state index contributed by atoms with van der Waals surface area (Å²) in [5.74, 6) is -0.656. The summed E-state index contributed by atoms with van der Waals surface area (Å²) in [5.41, 5.74) is 1.00. The lowest BCUT2D eigenvalue weighted by Gasteiger charge is -2.03. The van der Waals surface area contributed by atoms with Crippen molar-refractivity contribution in [3.8, 4) is 17.2 Å². The lowest BCUT2D eigenvalue weighted by molar-refractivity contribution is 0.617. The van der Waals surface area contributed by atoms with Gasteiger partial charge in [0.2, 0.25) is 0 Å². The summed E-state index contributed by atoms with van der Waals surface area (Å²) >= 11 is 11.6. The van der Waals surface area contributed by atoms with E-state index in [0.717, 1.165) is 0 Å². The zero-order chi connectivity index (χ0) is 12.4. The molecule has 1 aromatic carbocycles. The molecule has 1 heterocycles. The van der Waals surface area contributed by atoms with Crippen LogP contribution in [0.1, 0.15) is 5.69 Å². The Morgan fingerprint density at radius 1 is 1.12 bits per heavy atom. The lowest BCUT2D eigenvalue weighted by Crippen LogP contribution is -1.90. The predicted octanol–water partition coefficient (Wildman–Crippen LogP) is 4.07. The SMILES string of the molecule is N#Cc1ncc(-c2ccc(Cl)c(Cl)c2)cc1F. The van der Waals surface area contributed by atoms with Gasteiger partial charge in [-0.2, -0.15) is 5.26 Å². The van der Waals surface area contributed by atoms with Crippen molar-refractivity contribution in [2.45, 2.75) is 0 Å². The van der Waals surface area contributed by atoms with Gasteiger partial charge in [0.15, 0.2) is 11.5 Å². The van der Waals surface area contributed by atoms with Crippen molar-refractivity contribution >= 4 is 23.2 Å². The third-order valence-electron chi connectivity index (χ3n) is 2.20. The highest BCUT2D eigenvalue weighted by Crippen LogP contribution is 2.28. The number of pyridine rings is 1. The summed E-state index contributed by atoms with van der Waals surface area (Å²) in [4.78, 5) is 3.71. The molecule has 0 saturated carbocycles. The van der Waals surface area contributed by atoms with E-state index < -0.39 is 5.82 Å². The smallest absolute Gasteiger partial charge is 0.176 e. The van der Waals surface area contributed by atoms with E-state index in [0.29, 0.717) is 21.2 Å². The van der Waals surface area contributed by atoms with Gasteiger partial charge in [0.1, 0.15) is 6.07 Å². The van der Waals surface area contributed by atoms with E-state index in [-0.39, 0.29) is 5.69 Å². The van der Waals surface area contributed by atoms with E-state index in [2.05, 4.69) is 4.98 Å². The molecule has 2 aromatic rings. The Kier molecular flexibility index (Phi) is 3.28. The first-order chi connectivity index (χ1) is 8.11. The van der Waals surface area contributed by atoms with Crippen molar-refractivity contribution in [3.05, 3.63) is 52.0 Å². The standard InChI is InChI=1S/C12H5Cl2FN2/c13-9-2-1-7(3-10(9)14)8-4-11(15)12(5-16)17-6-8/h1-4,6H. The molecule has 0 unspecified atom stereocenters. The molecule has 0 spiro atoms. The van der Waals surface area contributed by atoms with Crippen molar-refractivity contribution in [2.75, 3.05) is 0 Å². The van der Waals surface area contributed by atoms with Gasteiger partial charge in [-0.15, -0.1) is 0 Å². The molecule has 0 aliphatic rings. The van der Waals surface area contributed by atoms with E-state index in [1.165, 1.54) is 12.3 Å². The number of halogens is 3. The van der Waals surface area contributed by atoms with Gasteiger partial charge in [-0.25, -0.2) is 9.37 Å². The first kappa shape index (κ1) is 11.8. The monoisotopic (exact) mass is 266 g/mol. The molecule has 5 heteroatoms. The number of rotatable bonds is 1. The fraction of sp³-hybridized carbons (Fsp3) is 0. The molecule has 2 nitrogen and oxygen atoms in total. The molecule has 0 fully saturated rings. The van der Waals surface area contributed by atoms with Gasteiger partial charge in [-0.1, -0.05) is 29.3 Å². The number of hydrogen-bond donors (Lipinski definition) is 0. The number of hydrogen-bond acceptors (Lipinski definition) is 2. The van der Waals surface area contributed by atoms with E-state index >= 15 is 0 Å². The highest BCUT2D eigenvalue weighted by molar-refractivity contribution is 6.42. The molecule has 84 valence electrons. The van der Waals surface area contributed by atoms with Crippen molar-refractivity contribution in [3.63, 3.8) is 0 Å². The van der Waals surface area contributed by atoms with Crippen molar-refractivity contribution in [1.82, 2.24) is 4.98 Å². The molecular weight excluding hydrogens is 262 g/mol. The molecule has 1 aromatic heterocycles. The van der Waals surface area contributed by atoms with Crippen LogP contribution in [-0.4, -0.2) is 4.98 Å². The highest BCUT2D eigenvalue weighted by Gasteiger charge is 2.07. The molecule has 2 rings (SSSR count). The molecule has 0 amide bonds. The molecule has 17 heavy (non-hydrogen) atoms. The van der Waals surface area contributed by atoms with Crippen LogP contribution in [0.25, 0.3) is 11.1 Å². The molecule has 0 radical (unpaired) electrons. The second-order valence-electron chi connectivity index (χ2n) is 3.30. The van der Waals surface area contributed by atoms with Gasteiger partial charge in [0.05, 0.1) is 10.0 Å². The summed E-state index contributed by atoms with van der Waals surface area (Å²) in [6, 6.07) is 7.85. The minimum Gasteiger partial charge on any atom is -0.242 e. The zero-order valence-corrected chi connectivity index (χ0v) is 9.93. The third-order valence-corrected chi connectivity index (χ3v) is 2.94. The van der Waals surface area contributed by atoms with Gasteiger partial charge < -0.3 is 0 Å². The van der Waals surface area contributed by atoms with Crippen LogP contribution in [0.4, 0.5) is 4.39 Å². The van der Waals surface area contributed by atoms with Crippen molar-refractivity contribution in [1.29, 1.82) is 5.26 Å². The van der Waals surface area contributed by atoms with Gasteiger partial charge in [-0.05, 0) is 23.8 Å². The van der Waals surface area contributed by atoms with Crippen LogP contribution in [0, 0.1) is 17.1 Å². The summed E-state index contributed by atoms with van der Waals surface area (Å²) < 4.78 is 13.4. The first-order valence-corrected chi connectivity index (χ1v) is 5.38. The van der Waals surface area contributed by atoms with Crippen LogP contribution >= 0.6 is 23.2 Å². The molecule has 0 N–H and O–H groups in total. The zero-order valence-electron chi connectivity index (χ0n) is 8.42. The van der Waals surface area contributed by atoms with Crippen LogP contribution < -0.4 is 0 Å². The Hall–Kier alpha value is -1.63. The maximum Gasteiger partial charge on any atom is 0.176 e. The topological polar surface area (TPSA) is 36.7 Å². The van der Waals surface area contributed by atoms with E-state index in [9.17, 15) is 4.39 Å². The Bertz CT molecular complexity index is 620. The Morgan fingerprint density at radius 3 is 2.47 bits per heavy atom. The average molecular weight is 267 g/mol. The summed E-state index contributed by atoms with van der Waals surface area (Å²) in [6.07, 6.45) is 1.42. The van der Waals surface area contributed by atoms with Gasteiger partial charge in [0.25, 0.3) is 0 Å². The number of benzene rings is 1. The van der Waals surface area contributed by atoms with Gasteiger partial charge >= 0.3 is 0 Å². The Labute approximate surface area is 107 Å². The average Bonchev–Trinajstić information content (AvgIpc) is 2.32. The lowest BCUT2D eigenvalue weighted by atomic mass is 10.1. The first-order valence-electron chi connectivity index (χ1n) is 4.63. The predicted molar refractivity (Wildman–Crippen MR) is 64.4 cm³/mol. The maximum atomic E-state index is 13.4. The van der Waals surface area contributed by atoms with Crippen LogP contribution in [0.2, 0.25) is 10.0 Å². The minimum absolute atomic E-state index is 0.228. The molecular formula is C12H5Cl2FN2. The second-order valence-corrected chi connectivity index (χ2v) is 4.11. The third kappa shape index (κ3) is 2.38. The normalized spacial score (nSPS) is 10.0. The van der Waals surface area contributed by atoms with Crippen molar-refractivity contribution in [2.24, 2.45) is 0 Å². The van der Waals surface area contributed by atoms with Gasteiger partial charge in [-0.3, -0.25) is 0 Å². The molecule has 0 aliphatic carbocycles. The summed E-state index contributed by atoms with van der Waals surface area (Å²) in [6.45, 7) is 0. The molecule has 0 bridgehead atoms. The van der Waals surface area contributed by atoms with Crippen molar-refractivity contribution < 1.29 is 4.39 Å². The number of aromatic nitrogens is 1. The number of nitrogens with zero attached hydrogens (tertiary/aromatic N) is 2. The summed E-state index contributed by atoms with van der Waals surface area (Å²) in [7, 11) is 0. The van der Waals surface area contributed by atoms with Crippen LogP contribution in [0.3, 0.4) is 0 Å². The van der Waals surface area contributed by atoms with E-state index in [1.54, 1.807) is 24.3 Å². The highest BCUT2D eigenvalue weighted by atomic mass is 35.5. The van der Waals surface area contributed by atoms with E-state index in [4.69, 9.17) is 28.5 Å². The molecule has 0 saturated heterocycles.